The van der Waals surface area contributed by atoms with Crippen LogP contribution in [0.2, 0.25) is 0 Å². The summed E-state index contributed by atoms with van der Waals surface area (Å²) in [5, 5.41) is 8.35. The Morgan fingerprint density at radius 1 is 0.906 bits per heavy atom. The molecule has 9 heteroatoms. The van der Waals surface area contributed by atoms with E-state index >= 15 is 0 Å². The van der Waals surface area contributed by atoms with Gasteiger partial charge in [0.25, 0.3) is 11.8 Å². The molecule has 3 rings (SSSR count). The van der Waals surface area contributed by atoms with Crippen LogP contribution in [-0.4, -0.2) is 32.1 Å². The van der Waals surface area contributed by atoms with Crippen molar-refractivity contribution in [3.63, 3.8) is 0 Å². The number of carbonyl (C=O) groups is 2. The van der Waals surface area contributed by atoms with Gasteiger partial charge in [-0.2, -0.15) is 8.78 Å². The number of anilines is 3. The zero-order valence-corrected chi connectivity index (χ0v) is 17.1. The number of likely N-dealkylation sites (N-methyl/N-ethyl adjacent to an activating group) is 1. The predicted octanol–water partition coefficient (Wildman–Crippen LogP) is 4.41. The molecule has 0 radical (unpaired) electrons. The minimum absolute atomic E-state index is 0.0371. The van der Waals surface area contributed by atoms with Crippen molar-refractivity contribution in [1.29, 1.82) is 0 Å². The molecule has 7 nitrogen and oxygen atoms in total. The van der Waals surface area contributed by atoms with E-state index in [2.05, 4.69) is 20.7 Å². The minimum Gasteiger partial charge on any atom is -0.484 e. The Labute approximate surface area is 183 Å². The van der Waals surface area contributed by atoms with Crippen LogP contribution < -0.4 is 25.4 Å². The Kier molecular flexibility index (Phi) is 7.58. The van der Waals surface area contributed by atoms with Crippen molar-refractivity contribution < 1.29 is 27.8 Å². The molecular weight excluding hydrogens is 420 g/mol. The second-order valence-corrected chi connectivity index (χ2v) is 6.52. The van der Waals surface area contributed by atoms with Gasteiger partial charge in [-0.1, -0.05) is 18.2 Å². The van der Waals surface area contributed by atoms with Gasteiger partial charge in [-0.15, -0.1) is 0 Å². The lowest BCUT2D eigenvalue weighted by molar-refractivity contribution is -0.122. The fourth-order valence-electron chi connectivity index (χ4n) is 2.75. The predicted molar refractivity (Wildman–Crippen MR) is 117 cm³/mol. The molecule has 0 aromatic heterocycles. The zero-order valence-electron chi connectivity index (χ0n) is 17.1. The summed E-state index contributed by atoms with van der Waals surface area (Å²) in [4.78, 5) is 24.2. The summed E-state index contributed by atoms with van der Waals surface area (Å²) in [7, 11) is 1.51. The van der Waals surface area contributed by atoms with Gasteiger partial charge in [-0.3, -0.25) is 9.59 Å². The average Bonchev–Trinajstić information content (AvgIpc) is 2.79. The van der Waals surface area contributed by atoms with Gasteiger partial charge in [0.15, 0.2) is 6.61 Å². The number of hydrogen-bond acceptors (Lipinski definition) is 5. The first-order valence-corrected chi connectivity index (χ1v) is 9.60. The highest BCUT2D eigenvalue weighted by atomic mass is 19.3. The second kappa shape index (κ2) is 10.8. The topological polar surface area (TPSA) is 88.7 Å². The van der Waals surface area contributed by atoms with E-state index in [0.717, 1.165) is 0 Å². The Morgan fingerprint density at radius 3 is 2.38 bits per heavy atom. The van der Waals surface area contributed by atoms with Crippen LogP contribution in [-0.2, 0) is 4.79 Å². The molecule has 0 saturated carbocycles. The van der Waals surface area contributed by atoms with E-state index in [9.17, 15) is 18.4 Å². The maximum absolute atomic E-state index is 12.9. The van der Waals surface area contributed by atoms with E-state index in [1.54, 1.807) is 60.7 Å². The summed E-state index contributed by atoms with van der Waals surface area (Å²) < 4.78 is 34.3. The molecule has 0 aliphatic heterocycles. The van der Waals surface area contributed by atoms with Crippen LogP contribution in [0, 0.1) is 0 Å². The van der Waals surface area contributed by atoms with Gasteiger partial charge < -0.3 is 25.4 Å². The first-order chi connectivity index (χ1) is 15.4. The van der Waals surface area contributed by atoms with Gasteiger partial charge in [0, 0.05) is 24.5 Å². The normalized spacial score (nSPS) is 10.4. The van der Waals surface area contributed by atoms with Crippen LogP contribution in [0.3, 0.4) is 0 Å². The fraction of sp³-hybridized carbons (Fsp3) is 0.130. The standard InChI is InChI=1S/C23H21F2N3O4/c1-26-21(29)14-31-18-6-4-5-16(13-18)28-22(30)19-7-2-3-8-20(19)27-15-9-11-17(12-10-15)32-23(24)25/h2-13,23,27H,14H2,1H3,(H,26,29)(H,28,30). The maximum atomic E-state index is 12.9. The monoisotopic (exact) mass is 441 g/mol. The highest BCUT2D eigenvalue weighted by Gasteiger charge is 2.12. The van der Waals surface area contributed by atoms with Crippen molar-refractivity contribution in [2.75, 3.05) is 24.3 Å². The van der Waals surface area contributed by atoms with Gasteiger partial charge >= 0.3 is 6.61 Å². The van der Waals surface area contributed by atoms with Gasteiger partial charge in [-0.25, -0.2) is 0 Å². The first-order valence-electron chi connectivity index (χ1n) is 9.60. The lowest BCUT2D eigenvalue weighted by atomic mass is 10.1. The van der Waals surface area contributed by atoms with Gasteiger partial charge in [0.05, 0.1) is 11.3 Å². The molecule has 3 N–H and O–H groups in total. The molecule has 3 aromatic carbocycles. The van der Waals surface area contributed by atoms with Crippen LogP contribution in [0.1, 0.15) is 10.4 Å². The van der Waals surface area contributed by atoms with E-state index < -0.39 is 6.61 Å². The number of nitrogens with one attached hydrogen (secondary N) is 3. The molecule has 0 spiro atoms. The van der Waals surface area contributed by atoms with Crippen molar-refractivity contribution in [2.24, 2.45) is 0 Å². The number of carbonyl (C=O) groups excluding carboxylic acids is 2. The molecule has 0 unspecified atom stereocenters. The summed E-state index contributed by atoms with van der Waals surface area (Å²) in [5.41, 5.74) is 1.99. The number of alkyl halides is 2. The fourth-order valence-corrected chi connectivity index (χ4v) is 2.75. The SMILES string of the molecule is CNC(=O)COc1cccc(NC(=O)c2ccccc2Nc2ccc(OC(F)F)cc2)c1. The maximum Gasteiger partial charge on any atom is 0.387 e. The van der Waals surface area contributed by atoms with Gasteiger partial charge in [0.1, 0.15) is 11.5 Å². The Balaban J connectivity index is 1.70. The zero-order chi connectivity index (χ0) is 22.9. The third-order valence-electron chi connectivity index (χ3n) is 4.27. The molecule has 2 amide bonds. The first kappa shape index (κ1) is 22.5. The third-order valence-corrected chi connectivity index (χ3v) is 4.27. The molecule has 0 heterocycles. The summed E-state index contributed by atoms with van der Waals surface area (Å²) in [5.74, 6) is -0.165. The van der Waals surface area contributed by atoms with Crippen molar-refractivity contribution in [1.82, 2.24) is 5.32 Å². The molecule has 0 bridgehead atoms. The van der Waals surface area contributed by atoms with Crippen LogP contribution in [0.5, 0.6) is 11.5 Å². The summed E-state index contributed by atoms with van der Waals surface area (Å²) in [6.45, 7) is -3.03. The third kappa shape index (κ3) is 6.43. The van der Waals surface area contributed by atoms with E-state index in [1.807, 2.05) is 0 Å². The molecule has 0 aliphatic carbocycles. The number of benzene rings is 3. The van der Waals surface area contributed by atoms with Crippen LogP contribution in [0.25, 0.3) is 0 Å². The summed E-state index contributed by atoms with van der Waals surface area (Å²) in [6.07, 6.45) is 0. The highest BCUT2D eigenvalue weighted by Crippen LogP contribution is 2.25. The minimum atomic E-state index is -2.90. The number of para-hydroxylation sites is 1. The average molecular weight is 441 g/mol. The van der Waals surface area contributed by atoms with E-state index in [-0.39, 0.29) is 24.2 Å². The Bertz CT molecular complexity index is 1070. The van der Waals surface area contributed by atoms with Crippen LogP contribution >= 0.6 is 0 Å². The van der Waals surface area contributed by atoms with Crippen LogP contribution in [0.4, 0.5) is 25.8 Å². The van der Waals surface area contributed by atoms with Gasteiger partial charge in [0.2, 0.25) is 0 Å². The molecule has 3 aromatic rings. The molecule has 166 valence electrons. The van der Waals surface area contributed by atoms with E-state index in [4.69, 9.17) is 4.74 Å². The number of amides is 2. The molecule has 0 saturated heterocycles. The molecule has 0 aliphatic rings. The number of halogens is 2. The van der Waals surface area contributed by atoms with Crippen LogP contribution in [0.15, 0.2) is 72.8 Å². The number of ether oxygens (including phenoxy) is 2. The van der Waals surface area contributed by atoms with E-state index in [0.29, 0.717) is 28.4 Å². The molecule has 32 heavy (non-hydrogen) atoms. The van der Waals surface area contributed by atoms with Crippen molar-refractivity contribution >= 4 is 28.9 Å². The molecular formula is C23H21F2N3O4. The molecule has 0 atom stereocenters. The van der Waals surface area contributed by atoms with Crippen molar-refractivity contribution in [3.8, 4) is 11.5 Å². The summed E-state index contributed by atoms with van der Waals surface area (Å²) in [6, 6.07) is 19.5. The smallest absolute Gasteiger partial charge is 0.387 e. The quantitative estimate of drug-likeness (QED) is 0.458. The molecule has 0 fully saturated rings. The number of hydrogen-bond donors (Lipinski definition) is 3. The summed E-state index contributed by atoms with van der Waals surface area (Å²) >= 11 is 0. The van der Waals surface area contributed by atoms with Crippen molar-refractivity contribution in [3.05, 3.63) is 78.4 Å². The second-order valence-electron chi connectivity index (χ2n) is 6.52. The highest BCUT2D eigenvalue weighted by molar-refractivity contribution is 6.08. The number of rotatable bonds is 9. The van der Waals surface area contributed by atoms with E-state index in [1.165, 1.54) is 19.2 Å². The Morgan fingerprint density at radius 2 is 1.66 bits per heavy atom. The lowest BCUT2D eigenvalue weighted by Crippen LogP contribution is -2.24. The largest absolute Gasteiger partial charge is 0.484 e. The Hall–Kier alpha value is -4.14. The van der Waals surface area contributed by atoms with Gasteiger partial charge in [-0.05, 0) is 48.5 Å². The van der Waals surface area contributed by atoms with Crippen molar-refractivity contribution in [2.45, 2.75) is 6.61 Å². The lowest BCUT2D eigenvalue weighted by Gasteiger charge is -2.13.